The number of aliphatic hydroxyl groups excluding tert-OH is 1. The van der Waals surface area contributed by atoms with E-state index in [2.05, 4.69) is 0 Å². The second-order valence-electron chi connectivity index (χ2n) is 10.3. The van der Waals surface area contributed by atoms with Gasteiger partial charge in [0.2, 0.25) is 5.91 Å². The molecule has 4 atom stereocenters. The molecule has 13 heteroatoms. The quantitative estimate of drug-likeness (QED) is 0.134. The summed E-state index contributed by atoms with van der Waals surface area (Å²) < 4.78 is 31.8. The molecular formula is C29H27N2O10P. The summed E-state index contributed by atoms with van der Waals surface area (Å²) in [5, 5.41) is 32.0. The topological polar surface area (TPSA) is 166 Å². The van der Waals surface area contributed by atoms with Gasteiger partial charge < -0.3 is 23.8 Å². The number of aliphatic hydroxyl groups is 1. The number of carboxylic acid groups (broad SMARTS) is 1. The van der Waals surface area contributed by atoms with Crippen molar-refractivity contribution in [1.82, 2.24) is 4.90 Å². The summed E-state index contributed by atoms with van der Waals surface area (Å²) in [5.41, 5.74) is -1.54. The lowest BCUT2D eigenvalue weighted by Crippen LogP contribution is -2.66. The number of benzene rings is 3. The van der Waals surface area contributed by atoms with E-state index in [0.717, 1.165) is 4.90 Å². The Bertz CT molecular complexity index is 1550. The van der Waals surface area contributed by atoms with Crippen LogP contribution in [0.15, 0.2) is 96.4 Å². The molecular weight excluding hydrogens is 567 g/mol. The highest BCUT2D eigenvalue weighted by molar-refractivity contribution is 7.49. The van der Waals surface area contributed by atoms with Crippen molar-refractivity contribution in [2.24, 2.45) is 11.3 Å². The molecule has 2 aliphatic heterocycles. The summed E-state index contributed by atoms with van der Waals surface area (Å²) >= 11 is 0. The Hall–Kier alpha value is -4.67. The highest BCUT2D eigenvalue weighted by atomic mass is 31.2. The van der Waals surface area contributed by atoms with Crippen LogP contribution in [0.2, 0.25) is 0 Å². The number of hydrogen-bond donors (Lipinski definition) is 2. The molecule has 218 valence electrons. The minimum atomic E-state index is -4.69. The van der Waals surface area contributed by atoms with Crippen LogP contribution in [0.1, 0.15) is 19.4 Å². The summed E-state index contributed by atoms with van der Waals surface area (Å²) in [4.78, 5) is 37.5. The van der Waals surface area contributed by atoms with Crippen molar-refractivity contribution in [2.75, 3.05) is 0 Å². The molecule has 0 unspecified atom stereocenters. The van der Waals surface area contributed by atoms with E-state index in [0.29, 0.717) is 5.56 Å². The minimum Gasteiger partial charge on any atom is -0.476 e. The molecule has 0 bridgehead atoms. The van der Waals surface area contributed by atoms with Gasteiger partial charge in [-0.3, -0.25) is 19.8 Å². The number of nitrogens with zero attached hydrogens (tertiary/aromatic N) is 2. The zero-order valence-electron chi connectivity index (χ0n) is 22.5. The number of aliphatic carboxylic acids is 1. The van der Waals surface area contributed by atoms with Crippen LogP contribution in [0.4, 0.5) is 5.69 Å². The number of nitro groups is 1. The van der Waals surface area contributed by atoms with Crippen LogP contribution in [0.3, 0.4) is 0 Å². The van der Waals surface area contributed by atoms with E-state index in [1.54, 1.807) is 43.3 Å². The van der Waals surface area contributed by atoms with Crippen molar-refractivity contribution in [1.29, 1.82) is 0 Å². The Balaban J connectivity index is 1.62. The van der Waals surface area contributed by atoms with Crippen molar-refractivity contribution >= 4 is 25.4 Å². The molecule has 0 aromatic heterocycles. The second-order valence-corrected chi connectivity index (χ2v) is 11.7. The van der Waals surface area contributed by atoms with E-state index in [-0.39, 0.29) is 29.4 Å². The summed E-state index contributed by atoms with van der Waals surface area (Å²) in [6.45, 7) is 3.04. The maximum Gasteiger partial charge on any atom is 0.646 e. The molecule has 0 spiro atoms. The van der Waals surface area contributed by atoms with Gasteiger partial charge in [0.25, 0.3) is 5.69 Å². The van der Waals surface area contributed by atoms with Gasteiger partial charge in [0.1, 0.15) is 17.3 Å². The van der Waals surface area contributed by atoms with Gasteiger partial charge >= 0.3 is 13.8 Å². The van der Waals surface area contributed by atoms with E-state index in [1.165, 1.54) is 55.5 Å². The van der Waals surface area contributed by atoms with Gasteiger partial charge in [-0.15, -0.1) is 0 Å². The molecule has 5 rings (SSSR count). The van der Waals surface area contributed by atoms with Gasteiger partial charge in [-0.25, -0.2) is 4.79 Å². The summed E-state index contributed by atoms with van der Waals surface area (Å²) in [7, 11) is -4.69. The SMILES string of the molecule is C[C@@H](O)[C@H]1C(=O)N2C(C(=O)O)=C(OP(=O)(Oc3ccccc3)Oc3ccccc3)[C@](C)(Cc3ccc([N+](=O)[O-])cc3)[C@@H]12. The molecule has 42 heavy (non-hydrogen) atoms. The Labute approximate surface area is 240 Å². The van der Waals surface area contributed by atoms with Crippen molar-refractivity contribution in [2.45, 2.75) is 32.4 Å². The van der Waals surface area contributed by atoms with Crippen LogP contribution >= 0.6 is 7.82 Å². The minimum absolute atomic E-state index is 0.00541. The Morgan fingerprint density at radius 3 is 1.98 bits per heavy atom. The fourth-order valence-corrected chi connectivity index (χ4v) is 6.90. The standard InChI is InChI=1S/C29H27N2O10P/c1-18(32)23-25-29(2,17-19-13-15-20(16-14-19)31(36)37)26(24(28(34)35)30(25)27(23)33)41-42(38,39-21-9-5-3-6-10-21)40-22-11-7-4-8-12-22/h3-16,18,23,25,32H,17H2,1-2H3,(H,34,35)/t18-,23-,25-,29-/m1/s1. The van der Waals surface area contributed by atoms with E-state index < -0.39 is 53.8 Å². The van der Waals surface area contributed by atoms with Gasteiger partial charge in [0.15, 0.2) is 5.70 Å². The van der Waals surface area contributed by atoms with Gasteiger partial charge in [0, 0.05) is 12.1 Å². The van der Waals surface area contributed by atoms with Crippen molar-refractivity contribution in [3.05, 3.63) is 112 Å². The summed E-state index contributed by atoms with van der Waals surface area (Å²) in [5.74, 6) is -3.26. The third-order valence-corrected chi connectivity index (χ3v) is 8.61. The molecule has 2 N–H and O–H groups in total. The number of carbonyl (C=O) groups is 2. The van der Waals surface area contributed by atoms with Gasteiger partial charge in [-0.2, -0.15) is 4.57 Å². The van der Waals surface area contributed by atoms with Gasteiger partial charge in [-0.1, -0.05) is 55.5 Å². The first-order chi connectivity index (χ1) is 19.9. The maximum atomic E-state index is 14.3. The van der Waals surface area contributed by atoms with Crippen molar-refractivity contribution < 1.29 is 42.9 Å². The third kappa shape index (κ3) is 5.22. The van der Waals surface area contributed by atoms with Gasteiger partial charge in [0.05, 0.1) is 28.4 Å². The Morgan fingerprint density at radius 2 is 1.52 bits per heavy atom. The predicted octanol–water partition coefficient (Wildman–Crippen LogP) is 4.94. The Morgan fingerprint density at radius 1 is 1.00 bits per heavy atom. The monoisotopic (exact) mass is 594 g/mol. The highest BCUT2D eigenvalue weighted by Gasteiger charge is 2.68. The third-order valence-electron chi connectivity index (χ3n) is 7.33. The average Bonchev–Trinajstić information content (AvgIpc) is 3.14. The molecule has 2 heterocycles. The van der Waals surface area contributed by atoms with E-state index in [9.17, 15) is 34.5 Å². The normalized spacial score (nSPS) is 22.2. The van der Waals surface area contributed by atoms with Crippen molar-refractivity contribution in [3.8, 4) is 11.5 Å². The second kappa shape index (κ2) is 11.0. The van der Waals surface area contributed by atoms with Crippen LogP contribution in [0.5, 0.6) is 11.5 Å². The molecule has 1 amide bonds. The fourth-order valence-electron chi connectivity index (χ4n) is 5.51. The molecule has 2 aliphatic rings. The van der Waals surface area contributed by atoms with Gasteiger partial charge in [-0.05, 0) is 43.2 Å². The first kappa shape index (κ1) is 28.8. The van der Waals surface area contributed by atoms with Crippen LogP contribution in [-0.4, -0.2) is 44.1 Å². The maximum absolute atomic E-state index is 14.3. The summed E-state index contributed by atoms with van der Waals surface area (Å²) in [6.07, 6.45) is -1.14. The van der Waals surface area contributed by atoms with E-state index in [4.69, 9.17) is 13.6 Å². The van der Waals surface area contributed by atoms with E-state index >= 15 is 0 Å². The molecule has 0 aliphatic carbocycles. The van der Waals surface area contributed by atoms with Crippen LogP contribution in [0.25, 0.3) is 0 Å². The van der Waals surface area contributed by atoms with Crippen LogP contribution in [-0.2, 0) is 25.1 Å². The number of non-ortho nitro benzene ring substituents is 1. The number of nitro benzene ring substituents is 1. The Kier molecular flexibility index (Phi) is 7.53. The highest BCUT2D eigenvalue weighted by Crippen LogP contribution is 2.61. The van der Waals surface area contributed by atoms with Crippen LogP contribution in [0, 0.1) is 21.4 Å². The lowest BCUT2D eigenvalue weighted by Gasteiger charge is -2.50. The molecule has 3 aromatic carbocycles. The molecule has 1 saturated heterocycles. The largest absolute Gasteiger partial charge is 0.646 e. The number of rotatable bonds is 11. The molecule has 3 aromatic rings. The van der Waals surface area contributed by atoms with Crippen molar-refractivity contribution in [3.63, 3.8) is 0 Å². The smallest absolute Gasteiger partial charge is 0.476 e. The lowest BCUT2D eigenvalue weighted by molar-refractivity contribution is -0.384. The number of carboxylic acids is 1. The number of carbonyl (C=O) groups excluding carboxylic acids is 1. The molecule has 12 nitrogen and oxygen atoms in total. The number of hydrogen-bond acceptors (Lipinski definition) is 9. The summed E-state index contributed by atoms with van der Waals surface area (Å²) in [6, 6.07) is 20.7. The first-order valence-corrected chi connectivity index (χ1v) is 14.4. The number of amides is 1. The number of para-hydroxylation sites is 2. The molecule has 0 saturated carbocycles. The zero-order chi connectivity index (χ0) is 30.2. The fraction of sp³-hybridized carbons (Fsp3) is 0.241. The average molecular weight is 595 g/mol. The number of phosphoric ester groups is 1. The lowest BCUT2D eigenvalue weighted by atomic mass is 9.67. The predicted molar refractivity (Wildman–Crippen MR) is 148 cm³/mol. The molecule has 0 radical (unpaired) electrons. The number of fused-ring (bicyclic) bond motifs is 1. The zero-order valence-corrected chi connectivity index (χ0v) is 23.4. The number of β-lactam (4-membered cyclic amide) rings is 1. The molecule has 1 fully saturated rings. The van der Waals surface area contributed by atoms with E-state index in [1.807, 2.05) is 0 Å². The number of phosphoric acid groups is 1. The first-order valence-electron chi connectivity index (χ1n) is 12.9. The van der Waals surface area contributed by atoms with Crippen LogP contribution < -0.4 is 9.05 Å².